The van der Waals surface area contributed by atoms with Crippen LogP contribution in [0.25, 0.3) is 0 Å². The van der Waals surface area contributed by atoms with Gasteiger partial charge in [0.25, 0.3) is 0 Å². The highest BCUT2D eigenvalue weighted by Gasteiger charge is 2.49. The molecule has 0 heterocycles. The number of rotatable bonds is 8. The van der Waals surface area contributed by atoms with Gasteiger partial charge in [0.05, 0.1) is 17.0 Å². The number of nitrogens with two attached hydrogens (primary N) is 1. The van der Waals surface area contributed by atoms with E-state index in [0.717, 1.165) is 32.1 Å². The van der Waals surface area contributed by atoms with E-state index in [1.807, 2.05) is 4.90 Å². The van der Waals surface area contributed by atoms with Crippen molar-refractivity contribution in [2.75, 3.05) is 20.3 Å². The van der Waals surface area contributed by atoms with Gasteiger partial charge >= 0.3 is 0 Å². The van der Waals surface area contributed by atoms with E-state index in [1.165, 1.54) is 0 Å². The van der Waals surface area contributed by atoms with Crippen molar-refractivity contribution in [3.05, 3.63) is 0 Å². The molecule has 1 fully saturated rings. The summed E-state index contributed by atoms with van der Waals surface area (Å²) in [6.07, 6.45) is 4.51. The lowest BCUT2D eigenvalue weighted by molar-refractivity contribution is -0.145. The van der Waals surface area contributed by atoms with Crippen molar-refractivity contribution in [1.82, 2.24) is 4.90 Å². The topological polar surface area (TPSA) is 55.6 Å². The number of amides is 1. The van der Waals surface area contributed by atoms with Crippen molar-refractivity contribution in [2.45, 2.75) is 52.0 Å². The van der Waals surface area contributed by atoms with Crippen molar-refractivity contribution in [3.8, 4) is 0 Å². The predicted molar refractivity (Wildman–Crippen MR) is 81.0 cm³/mol. The summed E-state index contributed by atoms with van der Waals surface area (Å²) in [7, 11) is 1.65. The molecular formula is C14H26N2O2S. The molecule has 4 nitrogen and oxygen atoms in total. The Morgan fingerprint density at radius 2 is 2.00 bits per heavy atom. The molecule has 0 bridgehead atoms. The number of methoxy groups -OCH3 is 1. The third-order valence-electron chi connectivity index (χ3n) is 4.27. The van der Waals surface area contributed by atoms with Gasteiger partial charge in [0, 0.05) is 19.7 Å². The first-order chi connectivity index (χ1) is 9.03. The van der Waals surface area contributed by atoms with Gasteiger partial charge in [-0.05, 0) is 25.7 Å². The zero-order chi connectivity index (χ0) is 14.5. The molecular weight excluding hydrogens is 260 g/mol. The van der Waals surface area contributed by atoms with Crippen LogP contribution in [0.15, 0.2) is 0 Å². The third-order valence-corrected chi connectivity index (χ3v) is 4.66. The van der Waals surface area contributed by atoms with Crippen molar-refractivity contribution in [3.63, 3.8) is 0 Å². The Kier molecular flexibility index (Phi) is 6.20. The Balaban J connectivity index is 2.89. The molecule has 2 N–H and O–H groups in total. The van der Waals surface area contributed by atoms with Gasteiger partial charge in [0.15, 0.2) is 0 Å². The minimum atomic E-state index is -0.578. The average molecular weight is 286 g/mol. The second-order valence-corrected chi connectivity index (χ2v) is 5.70. The zero-order valence-corrected chi connectivity index (χ0v) is 13.1. The second kappa shape index (κ2) is 7.20. The fourth-order valence-electron chi connectivity index (χ4n) is 2.74. The number of thiocarbonyl (C=S) groups is 1. The largest absolute Gasteiger partial charge is 0.392 e. The minimum absolute atomic E-state index is 0.108. The minimum Gasteiger partial charge on any atom is -0.392 e. The van der Waals surface area contributed by atoms with Crippen molar-refractivity contribution < 1.29 is 9.53 Å². The van der Waals surface area contributed by atoms with Crippen LogP contribution < -0.4 is 5.73 Å². The maximum atomic E-state index is 12.9. The summed E-state index contributed by atoms with van der Waals surface area (Å²) >= 11 is 5.15. The van der Waals surface area contributed by atoms with E-state index in [4.69, 9.17) is 22.7 Å². The molecule has 0 aromatic carbocycles. The Labute approximate surface area is 121 Å². The molecule has 1 saturated carbocycles. The lowest BCUT2D eigenvalue weighted by Gasteiger charge is -2.44. The Hall–Kier alpha value is -0.680. The highest BCUT2D eigenvalue weighted by atomic mass is 32.1. The van der Waals surface area contributed by atoms with Crippen LogP contribution >= 0.6 is 12.2 Å². The molecule has 0 spiro atoms. The third kappa shape index (κ3) is 3.26. The maximum absolute atomic E-state index is 12.9. The first-order valence-electron chi connectivity index (χ1n) is 7.13. The molecule has 0 aliphatic heterocycles. The van der Waals surface area contributed by atoms with Gasteiger partial charge in [0.2, 0.25) is 5.91 Å². The van der Waals surface area contributed by atoms with Gasteiger partial charge in [-0.1, -0.05) is 32.5 Å². The summed E-state index contributed by atoms with van der Waals surface area (Å²) < 4.78 is 5.13. The van der Waals surface area contributed by atoms with Crippen LogP contribution in [0, 0.1) is 5.41 Å². The molecule has 1 rings (SSSR count). The van der Waals surface area contributed by atoms with Crippen LogP contribution in [0.3, 0.4) is 0 Å². The molecule has 0 aromatic rings. The molecule has 1 aliphatic carbocycles. The van der Waals surface area contributed by atoms with Crippen molar-refractivity contribution in [1.29, 1.82) is 0 Å². The summed E-state index contributed by atoms with van der Waals surface area (Å²) in [6, 6.07) is 0.245. The van der Waals surface area contributed by atoms with Crippen molar-refractivity contribution >= 4 is 23.1 Å². The predicted octanol–water partition coefficient (Wildman–Crippen LogP) is 2.11. The molecule has 1 aliphatic rings. The smallest absolute Gasteiger partial charge is 0.235 e. The summed E-state index contributed by atoms with van der Waals surface area (Å²) in [5.41, 5.74) is 5.26. The SMILES string of the molecule is CCC(CC)N(CCOC)C(=O)C1(C(N)=S)CCC1. The van der Waals surface area contributed by atoms with Gasteiger partial charge in [-0.15, -0.1) is 0 Å². The first-order valence-corrected chi connectivity index (χ1v) is 7.54. The molecule has 0 radical (unpaired) electrons. The van der Waals surface area contributed by atoms with E-state index in [1.54, 1.807) is 7.11 Å². The van der Waals surface area contributed by atoms with E-state index in [-0.39, 0.29) is 11.9 Å². The van der Waals surface area contributed by atoms with Crippen LogP contribution in [-0.4, -0.2) is 42.1 Å². The first kappa shape index (κ1) is 16.4. The van der Waals surface area contributed by atoms with E-state index in [0.29, 0.717) is 18.1 Å². The Bertz CT molecular complexity index is 325. The lowest BCUT2D eigenvalue weighted by Crippen LogP contribution is -2.57. The number of carbonyl (C=O) groups excluding carboxylic acids is 1. The number of ether oxygens (including phenoxy) is 1. The molecule has 1 amide bonds. The average Bonchev–Trinajstić information content (AvgIpc) is 2.32. The number of hydrogen-bond donors (Lipinski definition) is 1. The molecule has 0 unspecified atom stereocenters. The van der Waals surface area contributed by atoms with Gasteiger partial charge in [-0.2, -0.15) is 0 Å². The summed E-state index contributed by atoms with van der Waals surface area (Å²) in [5.74, 6) is 0.108. The van der Waals surface area contributed by atoms with Crippen LogP contribution in [0.4, 0.5) is 0 Å². The molecule has 0 aromatic heterocycles. The molecule has 5 heteroatoms. The molecule has 0 atom stereocenters. The Morgan fingerprint density at radius 1 is 1.42 bits per heavy atom. The molecule has 110 valence electrons. The van der Waals surface area contributed by atoms with Crippen LogP contribution in [-0.2, 0) is 9.53 Å². The van der Waals surface area contributed by atoms with E-state index >= 15 is 0 Å². The summed E-state index contributed by atoms with van der Waals surface area (Å²) in [5, 5.41) is 0. The second-order valence-electron chi connectivity index (χ2n) is 5.26. The van der Waals surface area contributed by atoms with Crippen LogP contribution in [0.2, 0.25) is 0 Å². The monoisotopic (exact) mass is 286 g/mol. The van der Waals surface area contributed by atoms with Gasteiger partial charge in [-0.3, -0.25) is 4.79 Å². The fraction of sp³-hybridized carbons (Fsp3) is 0.857. The highest BCUT2D eigenvalue weighted by molar-refractivity contribution is 7.80. The van der Waals surface area contributed by atoms with Crippen LogP contribution in [0.1, 0.15) is 46.0 Å². The summed E-state index contributed by atoms with van der Waals surface area (Å²) in [6.45, 7) is 5.38. The standard InChI is InChI=1S/C14H26N2O2S/c1-4-11(5-2)16(9-10-18-3)13(17)14(12(15)19)7-6-8-14/h11H,4-10H2,1-3H3,(H2,15,19). The Morgan fingerprint density at radius 3 is 2.32 bits per heavy atom. The number of nitrogens with zero attached hydrogens (tertiary/aromatic N) is 1. The normalized spacial score (nSPS) is 17.1. The van der Waals surface area contributed by atoms with Crippen LogP contribution in [0.5, 0.6) is 0 Å². The van der Waals surface area contributed by atoms with Crippen molar-refractivity contribution in [2.24, 2.45) is 11.1 Å². The fourth-order valence-corrected chi connectivity index (χ4v) is 3.03. The maximum Gasteiger partial charge on any atom is 0.235 e. The van der Waals surface area contributed by atoms with Gasteiger partial charge in [0.1, 0.15) is 0 Å². The zero-order valence-electron chi connectivity index (χ0n) is 12.3. The van der Waals surface area contributed by atoms with Gasteiger partial charge < -0.3 is 15.4 Å². The quantitative estimate of drug-likeness (QED) is 0.694. The number of carbonyl (C=O) groups is 1. The van der Waals surface area contributed by atoms with E-state index in [9.17, 15) is 4.79 Å². The summed E-state index contributed by atoms with van der Waals surface area (Å²) in [4.78, 5) is 15.1. The van der Waals surface area contributed by atoms with Gasteiger partial charge in [-0.25, -0.2) is 0 Å². The number of hydrogen-bond acceptors (Lipinski definition) is 3. The molecule has 19 heavy (non-hydrogen) atoms. The van der Waals surface area contributed by atoms with E-state index in [2.05, 4.69) is 13.8 Å². The van der Waals surface area contributed by atoms with E-state index < -0.39 is 5.41 Å². The molecule has 0 saturated heterocycles. The highest BCUT2D eigenvalue weighted by Crippen LogP contribution is 2.43. The lowest BCUT2D eigenvalue weighted by atomic mass is 9.67.